The smallest absolute Gasteiger partial charge is 0.314 e. The van der Waals surface area contributed by atoms with E-state index in [2.05, 4.69) is 6.92 Å². The van der Waals surface area contributed by atoms with Gasteiger partial charge in [-0.25, -0.2) is 0 Å². The Hall–Kier alpha value is -1.67. The van der Waals surface area contributed by atoms with Crippen LogP contribution in [0, 0.1) is 28.1 Å². The summed E-state index contributed by atoms with van der Waals surface area (Å²) in [6, 6.07) is 0. The maximum absolute atomic E-state index is 14.3. The number of fused-ring (bicyclic) bond motifs is 3. The van der Waals surface area contributed by atoms with Gasteiger partial charge in [-0.3, -0.25) is 4.79 Å². The summed E-state index contributed by atoms with van der Waals surface area (Å²) in [6.45, 7) is 0.244. The van der Waals surface area contributed by atoms with Crippen molar-refractivity contribution in [1.82, 2.24) is 0 Å². The fourth-order valence-corrected chi connectivity index (χ4v) is 13.4. The zero-order chi connectivity index (χ0) is 49.4. The lowest BCUT2D eigenvalue weighted by Gasteiger charge is -2.64. The molecular formula is C44H70O24. The van der Waals surface area contributed by atoms with Gasteiger partial charge >= 0.3 is 5.97 Å². The van der Waals surface area contributed by atoms with E-state index in [9.17, 15) is 81.4 Å². The number of esters is 1. The van der Waals surface area contributed by atoms with Crippen LogP contribution < -0.4 is 0 Å². The zero-order valence-electron chi connectivity index (χ0n) is 37.9. The molecule has 15 N–H and O–H groups in total. The molecule has 0 unspecified atom stereocenters. The van der Waals surface area contributed by atoms with Crippen LogP contribution in [0.15, 0.2) is 11.6 Å². The first-order valence-corrected chi connectivity index (χ1v) is 23.6. The Morgan fingerprint density at radius 2 is 1.03 bits per heavy atom. The lowest BCUT2D eigenvalue weighted by Crippen LogP contribution is -2.68. The van der Waals surface area contributed by atoms with Crippen molar-refractivity contribution in [1.29, 1.82) is 0 Å². The highest BCUT2D eigenvalue weighted by atomic mass is 16.8. The highest BCUT2D eigenvalue weighted by Crippen LogP contribution is 2.72. The minimum absolute atomic E-state index is 0.100. The van der Waals surface area contributed by atoms with E-state index < -0.39 is 184 Å². The van der Waals surface area contributed by atoms with Crippen molar-refractivity contribution in [3.8, 4) is 0 Å². The van der Waals surface area contributed by atoms with Gasteiger partial charge in [-0.05, 0) is 80.1 Å². The molecule has 26 atom stereocenters. The van der Waals surface area contributed by atoms with Gasteiger partial charge in [0.2, 0.25) is 6.29 Å². The van der Waals surface area contributed by atoms with Crippen LogP contribution in [-0.4, -0.2) is 244 Å². The van der Waals surface area contributed by atoms with E-state index >= 15 is 0 Å². The van der Waals surface area contributed by atoms with E-state index in [1.165, 1.54) is 0 Å². The van der Waals surface area contributed by atoms with Gasteiger partial charge in [0.05, 0.1) is 44.1 Å². The first-order chi connectivity index (χ1) is 32.2. The molecule has 8 aliphatic rings. The predicted octanol–water partition coefficient (Wildman–Crippen LogP) is -6.14. The molecule has 3 saturated carbocycles. The summed E-state index contributed by atoms with van der Waals surface area (Å²) in [5.74, 6) is -1.03. The Bertz CT molecular complexity index is 1790. The standard InChI is InChI=1S/C44H70O24/c1-41-6-3-7-42(2,40(60)67-38-33(59)30(56)26(52)20(14-48)63-38)22(41)4-8-43-10-17(11-45)44(16-43,9-5-23(41)43)68-39-35(66-37-32(58)29(55)25(51)19(13-47)62-37)34(27(53)21(15-49)64-39)65-36-31(57)28(54)24(50)18(12-46)61-36/h10,18-39,45-59H,3-9,11-16H2,1-2H3/t18-,19-,20-,21-,22-,23-,24-,25-,26-,27-,28+,29+,30+,31-,32-,33-,34+,35-,36+,37+,38+,39+,41+,42-,43+,44-/m1/s1. The van der Waals surface area contributed by atoms with Crippen LogP contribution in [0.2, 0.25) is 0 Å². The van der Waals surface area contributed by atoms with Gasteiger partial charge in [0.25, 0.3) is 0 Å². The molecule has 1 spiro atoms. The molecule has 24 heteroatoms. The second-order valence-corrected chi connectivity index (χ2v) is 20.7. The topological polar surface area (TPSA) is 394 Å². The number of aliphatic hydroxyl groups is 15. The molecule has 0 amide bonds. The second-order valence-electron chi connectivity index (χ2n) is 20.7. The molecule has 0 aromatic heterocycles. The lowest BCUT2D eigenvalue weighted by molar-refractivity contribution is -0.400. The summed E-state index contributed by atoms with van der Waals surface area (Å²) in [7, 11) is 0. The van der Waals surface area contributed by atoms with Crippen LogP contribution in [0.4, 0.5) is 0 Å². The zero-order valence-corrected chi connectivity index (χ0v) is 37.9. The molecule has 8 rings (SSSR count). The average Bonchev–Trinajstić information content (AvgIpc) is 3.55. The van der Waals surface area contributed by atoms with Gasteiger partial charge in [-0.15, -0.1) is 0 Å². The first kappa shape index (κ1) is 52.6. The summed E-state index contributed by atoms with van der Waals surface area (Å²) in [5.41, 5.74) is -3.10. The van der Waals surface area contributed by atoms with Gasteiger partial charge in [0.1, 0.15) is 97.7 Å². The van der Waals surface area contributed by atoms with Gasteiger partial charge < -0.3 is 114 Å². The maximum Gasteiger partial charge on any atom is 0.314 e. The fraction of sp³-hybridized carbons (Fsp3) is 0.932. The number of hydrogen-bond donors (Lipinski definition) is 15. The molecule has 0 aromatic carbocycles. The molecule has 4 heterocycles. The van der Waals surface area contributed by atoms with Gasteiger partial charge in [0, 0.05) is 0 Å². The second kappa shape index (κ2) is 20.0. The molecule has 2 bridgehead atoms. The van der Waals surface area contributed by atoms with Crippen LogP contribution in [0.25, 0.3) is 0 Å². The van der Waals surface area contributed by atoms with Crippen LogP contribution in [-0.2, 0) is 42.7 Å². The van der Waals surface area contributed by atoms with E-state index in [4.69, 9.17) is 37.9 Å². The van der Waals surface area contributed by atoms with E-state index in [0.29, 0.717) is 37.7 Å². The maximum atomic E-state index is 14.3. The molecule has 68 heavy (non-hydrogen) atoms. The number of allylic oxidation sites excluding steroid dienone is 1. The lowest BCUT2D eigenvalue weighted by atomic mass is 9.40. The van der Waals surface area contributed by atoms with Gasteiger partial charge in [-0.1, -0.05) is 19.4 Å². The average molecular weight is 983 g/mol. The Kier molecular flexibility index (Phi) is 15.5. The first-order valence-electron chi connectivity index (χ1n) is 23.6. The van der Waals surface area contributed by atoms with Gasteiger partial charge in [-0.2, -0.15) is 0 Å². The van der Waals surface area contributed by atoms with E-state index in [1.54, 1.807) is 0 Å². The molecule has 390 valence electrons. The molecule has 0 aromatic rings. The molecule has 4 aliphatic carbocycles. The quantitative estimate of drug-likeness (QED) is 0.0464. The van der Waals surface area contributed by atoms with Crippen molar-refractivity contribution in [2.75, 3.05) is 33.0 Å². The summed E-state index contributed by atoms with van der Waals surface area (Å²) >= 11 is 0. The third-order valence-electron chi connectivity index (χ3n) is 17.0. The SMILES string of the molecule is C[C@]12CCC[C@@](C)(C(=O)O[C@@H]3O[C@H](CO)[C@@H](O)[C@H](O)[C@H]3O)[C@@H]1CC[C@@]13C=C(CO)[C@@](O[C@@H]4O[C@H](CO)[C@@H](O)[C@H](O[C@@H]5O[C@H](CO)[C@@H](O)[C@H](O)[C@H]5O)[C@H]4O[C@@H]4O[C@H](CO)[C@@H](O)[C@H](O)[C@H]4O)(CC[C@@H]12)C3. The number of carbonyl (C=O) groups excluding carboxylic acids is 1. The number of aliphatic hydroxyl groups excluding tert-OH is 15. The van der Waals surface area contributed by atoms with Crippen molar-refractivity contribution in [2.24, 2.45) is 28.1 Å². The summed E-state index contributed by atoms with van der Waals surface area (Å²) < 4.78 is 48.1. The van der Waals surface area contributed by atoms with Crippen LogP contribution in [0.3, 0.4) is 0 Å². The largest absolute Gasteiger partial charge is 0.432 e. The Morgan fingerprint density at radius 1 is 0.559 bits per heavy atom. The number of ether oxygens (including phenoxy) is 8. The molecule has 4 saturated heterocycles. The number of carbonyl (C=O) groups is 1. The predicted molar refractivity (Wildman–Crippen MR) is 220 cm³/mol. The summed E-state index contributed by atoms with van der Waals surface area (Å²) in [6.07, 6.45) is -29.0. The monoisotopic (exact) mass is 982 g/mol. The van der Waals surface area contributed by atoms with E-state index in [1.807, 2.05) is 13.0 Å². The molecule has 0 radical (unpaired) electrons. The third-order valence-corrected chi connectivity index (χ3v) is 17.0. The fourth-order valence-electron chi connectivity index (χ4n) is 13.4. The normalized spacial score (nSPS) is 53.8. The minimum atomic E-state index is -1.99. The van der Waals surface area contributed by atoms with Crippen molar-refractivity contribution in [2.45, 2.75) is 194 Å². The highest BCUT2D eigenvalue weighted by Gasteiger charge is 2.69. The third kappa shape index (κ3) is 8.69. The molecule has 24 nitrogen and oxygen atoms in total. The van der Waals surface area contributed by atoms with Crippen molar-refractivity contribution in [3.05, 3.63) is 11.6 Å². The Morgan fingerprint density at radius 3 is 1.56 bits per heavy atom. The minimum Gasteiger partial charge on any atom is -0.432 e. The Balaban J connectivity index is 1.08. The van der Waals surface area contributed by atoms with Crippen molar-refractivity contribution < 1.29 is 119 Å². The van der Waals surface area contributed by atoms with Crippen molar-refractivity contribution in [3.63, 3.8) is 0 Å². The van der Waals surface area contributed by atoms with Gasteiger partial charge in [0.15, 0.2) is 18.9 Å². The van der Waals surface area contributed by atoms with E-state index in [0.717, 1.165) is 6.42 Å². The molecular weight excluding hydrogens is 912 g/mol. The molecule has 4 aliphatic heterocycles. The van der Waals surface area contributed by atoms with E-state index in [-0.39, 0.29) is 24.7 Å². The number of hydrogen-bond acceptors (Lipinski definition) is 24. The van der Waals surface area contributed by atoms with Crippen LogP contribution >= 0.6 is 0 Å². The summed E-state index contributed by atoms with van der Waals surface area (Å²) in [4.78, 5) is 14.3. The number of rotatable bonds is 13. The molecule has 7 fully saturated rings. The summed E-state index contributed by atoms with van der Waals surface area (Å²) in [5, 5.41) is 159. The van der Waals surface area contributed by atoms with Crippen LogP contribution in [0.5, 0.6) is 0 Å². The van der Waals surface area contributed by atoms with Crippen LogP contribution in [0.1, 0.15) is 65.2 Å². The Labute approximate surface area is 391 Å². The van der Waals surface area contributed by atoms with Crippen molar-refractivity contribution >= 4 is 5.97 Å². The highest BCUT2D eigenvalue weighted by molar-refractivity contribution is 5.77.